The third kappa shape index (κ3) is 3.48. The number of benzene rings is 2. The SMILES string of the molecule is O=C(CN1CCC(c2c[nH]c3ccccc23)CC1)Nc1ccccc1F. The van der Waals surface area contributed by atoms with Crippen molar-refractivity contribution in [3.63, 3.8) is 0 Å². The second kappa shape index (κ2) is 7.30. The van der Waals surface area contributed by atoms with E-state index >= 15 is 0 Å². The molecule has 1 amide bonds. The zero-order valence-electron chi connectivity index (χ0n) is 14.5. The van der Waals surface area contributed by atoms with Gasteiger partial charge in [-0.25, -0.2) is 4.39 Å². The summed E-state index contributed by atoms with van der Waals surface area (Å²) in [5.74, 6) is -0.0587. The fraction of sp³-hybridized carbons (Fsp3) is 0.286. The smallest absolute Gasteiger partial charge is 0.238 e. The number of rotatable bonds is 4. The van der Waals surface area contributed by atoms with Crippen molar-refractivity contribution in [2.75, 3.05) is 25.0 Å². The molecule has 4 nitrogen and oxygen atoms in total. The molecular formula is C21H22FN3O. The Bertz CT molecular complexity index is 912. The van der Waals surface area contributed by atoms with Gasteiger partial charge < -0.3 is 10.3 Å². The van der Waals surface area contributed by atoms with Gasteiger partial charge in [-0.2, -0.15) is 0 Å². The quantitative estimate of drug-likeness (QED) is 0.743. The molecule has 1 saturated heterocycles. The maximum Gasteiger partial charge on any atom is 0.238 e. The van der Waals surface area contributed by atoms with Crippen LogP contribution in [0.15, 0.2) is 54.7 Å². The summed E-state index contributed by atoms with van der Waals surface area (Å²) in [5.41, 5.74) is 2.79. The molecule has 0 unspecified atom stereocenters. The van der Waals surface area contributed by atoms with Gasteiger partial charge in [0.25, 0.3) is 0 Å². The summed E-state index contributed by atoms with van der Waals surface area (Å²) in [5, 5.41) is 3.95. The van der Waals surface area contributed by atoms with Gasteiger partial charge in [0.2, 0.25) is 5.91 Å². The molecule has 26 heavy (non-hydrogen) atoms. The normalized spacial score (nSPS) is 16.0. The molecule has 1 aliphatic rings. The summed E-state index contributed by atoms with van der Waals surface area (Å²) in [4.78, 5) is 17.7. The number of carbonyl (C=O) groups is 1. The van der Waals surface area contributed by atoms with Crippen LogP contribution >= 0.6 is 0 Å². The molecule has 1 fully saturated rings. The first kappa shape index (κ1) is 16.8. The lowest BCUT2D eigenvalue weighted by Gasteiger charge is -2.31. The van der Waals surface area contributed by atoms with Crippen molar-refractivity contribution in [1.82, 2.24) is 9.88 Å². The van der Waals surface area contributed by atoms with E-state index in [0.717, 1.165) is 25.9 Å². The van der Waals surface area contributed by atoms with Crippen LogP contribution in [0.5, 0.6) is 0 Å². The number of hydrogen-bond acceptors (Lipinski definition) is 2. The highest BCUT2D eigenvalue weighted by atomic mass is 19.1. The Morgan fingerprint density at radius 3 is 2.65 bits per heavy atom. The number of nitrogens with zero attached hydrogens (tertiary/aromatic N) is 1. The molecule has 0 bridgehead atoms. The highest BCUT2D eigenvalue weighted by Gasteiger charge is 2.24. The number of para-hydroxylation sites is 2. The minimum absolute atomic E-state index is 0.166. The van der Waals surface area contributed by atoms with Crippen molar-refractivity contribution in [1.29, 1.82) is 0 Å². The van der Waals surface area contributed by atoms with Gasteiger partial charge in [0.05, 0.1) is 12.2 Å². The molecule has 4 rings (SSSR count). The second-order valence-corrected chi connectivity index (χ2v) is 6.87. The molecule has 2 aromatic carbocycles. The minimum Gasteiger partial charge on any atom is -0.361 e. The number of fused-ring (bicyclic) bond motifs is 1. The number of halogens is 1. The van der Waals surface area contributed by atoms with E-state index in [4.69, 9.17) is 0 Å². The van der Waals surface area contributed by atoms with E-state index < -0.39 is 5.82 Å². The Labute approximate surface area is 152 Å². The molecule has 2 heterocycles. The van der Waals surface area contributed by atoms with E-state index in [2.05, 4.69) is 39.6 Å². The Hall–Kier alpha value is -2.66. The van der Waals surface area contributed by atoms with E-state index in [1.54, 1.807) is 18.2 Å². The number of H-pyrrole nitrogens is 1. The predicted molar refractivity (Wildman–Crippen MR) is 102 cm³/mol. The third-order valence-corrected chi connectivity index (χ3v) is 5.16. The first-order chi connectivity index (χ1) is 12.7. The molecule has 0 saturated carbocycles. The maximum absolute atomic E-state index is 13.6. The van der Waals surface area contributed by atoms with Crippen LogP contribution in [-0.4, -0.2) is 35.4 Å². The van der Waals surface area contributed by atoms with E-state index in [1.165, 1.54) is 22.5 Å². The van der Waals surface area contributed by atoms with Gasteiger partial charge in [-0.1, -0.05) is 30.3 Å². The molecule has 134 valence electrons. The van der Waals surface area contributed by atoms with Crippen LogP contribution < -0.4 is 5.32 Å². The number of hydrogen-bond donors (Lipinski definition) is 2. The van der Waals surface area contributed by atoms with Gasteiger partial charge in [0.15, 0.2) is 0 Å². The van der Waals surface area contributed by atoms with Crippen molar-refractivity contribution in [2.45, 2.75) is 18.8 Å². The van der Waals surface area contributed by atoms with Crippen LogP contribution in [0.2, 0.25) is 0 Å². The topological polar surface area (TPSA) is 48.1 Å². The molecule has 3 aromatic rings. The van der Waals surface area contributed by atoms with Crippen LogP contribution in [0.4, 0.5) is 10.1 Å². The Kier molecular flexibility index (Phi) is 4.71. The minimum atomic E-state index is -0.404. The summed E-state index contributed by atoms with van der Waals surface area (Å²) in [6.45, 7) is 2.04. The van der Waals surface area contributed by atoms with Crippen molar-refractivity contribution in [2.24, 2.45) is 0 Å². The van der Waals surface area contributed by atoms with Crippen LogP contribution in [0.25, 0.3) is 10.9 Å². The monoisotopic (exact) mass is 351 g/mol. The summed E-state index contributed by atoms with van der Waals surface area (Å²) in [6, 6.07) is 14.6. The predicted octanol–water partition coefficient (Wildman–Crippen LogP) is 4.13. The number of nitrogens with one attached hydrogen (secondary N) is 2. The Morgan fingerprint density at radius 2 is 1.85 bits per heavy atom. The molecule has 5 heteroatoms. The highest BCUT2D eigenvalue weighted by Crippen LogP contribution is 2.33. The molecule has 0 aliphatic carbocycles. The molecular weight excluding hydrogens is 329 g/mol. The van der Waals surface area contributed by atoms with Crippen molar-refractivity contribution in [3.05, 3.63) is 66.1 Å². The fourth-order valence-corrected chi connectivity index (χ4v) is 3.79. The number of carbonyl (C=O) groups excluding carboxylic acids is 1. The lowest BCUT2D eigenvalue weighted by molar-refractivity contribution is -0.117. The average molecular weight is 351 g/mol. The lowest BCUT2D eigenvalue weighted by Crippen LogP contribution is -2.38. The number of amides is 1. The van der Waals surface area contributed by atoms with Gasteiger partial charge in [0.1, 0.15) is 5.82 Å². The van der Waals surface area contributed by atoms with E-state index in [9.17, 15) is 9.18 Å². The number of anilines is 1. The Balaban J connectivity index is 1.34. The zero-order valence-corrected chi connectivity index (χ0v) is 14.5. The van der Waals surface area contributed by atoms with Crippen LogP contribution in [0, 0.1) is 5.82 Å². The van der Waals surface area contributed by atoms with E-state index in [1.807, 2.05) is 6.07 Å². The molecule has 0 atom stereocenters. The van der Waals surface area contributed by atoms with Crippen molar-refractivity contribution in [3.8, 4) is 0 Å². The number of likely N-dealkylation sites (tertiary alicyclic amines) is 1. The third-order valence-electron chi connectivity index (χ3n) is 5.16. The lowest BCUT2D eigenvalue weighted by atomic mass is 9.89. The zero-order chi connectivity index (χ0) is 17.9. The van der Waals surface area contributed by atoms with Crippen LogP contribution in [0.3, 0.4) is 0 Å². The molecule has 0 radical (unpaired) electrons. The van der Waals surface area contributed by atoms with Gasteiger partial charge in [-0.3, -0.25) is 9.69 Å². The van der Waals surface area contributed by atoms with Gasteiger partial charge in [0, 0.05) is 17.1 Å². The second-order valence-electron chi connectivity index (χ2n) is 6.87. The number of aromatic amines is 1. The molecule has 2 N–H and O–H groups in total. The largest absolute Gasteiger partial charge is 0.361 e. The van der Waals surface area contributed by atoms with Gasteiger partial charge in [-0.05, 0) is 55.6 Å². The van der Waals surface area contributed by atoms with Crippen LogP contribution in [0.1, 0.15) is 24.3 Å². The first-order valence-electron chi connectivity index (χ1n) is 9.03. The summed E-state index contributed by atoms with van der Waals surface area (Å²) >= 11 is 0. The number of aromatic nitrogens is 1. The fourth-order valence-electron chi connectivity index (χ4n) is 3.79. The maximum atomic E-state index is 13.6. The van der Waals surface area contributed by atoms with Crippen molar-refractivity contribution < 1.29 is 9.18 Å². The van der Waals surface area contributed by atoms with E-state index in [0.29, 0.717) is 12.5 Å². The number of piperidine rings is 1. The standard InChI is InChI=1S/C21H22FN3O/c22-18-6-2-4-8-20(18)24-21(26)14-25-11-9-15(10-12-25)17-13-23-19-7-3-1-5-16(17)19/h1-8,13,15,23H,9-12,14H2,(H,24,26). The summed E-state index contributed by atoms with van der Waals surface area (Å²) < 4.78 is 13.6. The van der Waals surface area contributed by atoms with Crippen LogP contribution in [-0.2, 0) is 4.79 Å². The van der Waals surface area contributed by atoms with Gasteiger partial charge in [-0.15, -0.1) is 0 Å². The summed E-state index contributed by atoms with van der Waals surface area (Å²) in [7, 11) is 0. The highest BCUT2D eigenvalue weighted by molar-refractivity contribution is 5.92. The first-order valence-corrected chi connectivity index (χ1v) is 9.03. The average Bonchev–Trinajstić information content (AvgIpc) is 3.08. The van der Waals surface area contributed by atoms with Gasteiger partial charge >= 0.3 is 0 Å². The Morgan fingerprint density at radius 1 is 1.12 bits per heavy atom. The molecule has 1 aliphatic heterocycles. The summed E-state index contributed by atoms with van der Waals surface area (Å²) in [6.07, 6.45) is 4.17. The molecule has 0 spiro atoms. The van der Waals surface area contributed by atoms with Crippen molar-refractivity contribution >= 4 is 22.5 Å². The molecule has 1 aromatic heterocycles. The van der Waals surface area contributed by atoms with E-state index in [-0.39, 0.29) is 11.6 Å².